The molecule has 1 aromatic heterocycles. The number of nitrogens with zero attached hydrogens (tertiary/aromatic N) is 3. The Labute approximate surface area is 65.8 Å². The largest absolute Gasteiger partial charge is 0.390 e. The lowest BCUT2D eigenvalue weighted by Gasteiger charge is -2.15. The molecular formula is C7H13N3O. The lowest BCUT2D eigenvalue weighted by Crippen LogP contribution is -2.23. The number of aliphatic hydroxyl groups is 1. The monoisotopic (exact) mass is 155 g/mol. The van der Waals surface area contributed by atoms with E-state index in [4.69, 9.17) is 0 Å². The Morgan fingerprint density at radius 2 is 2.27 bits per heavy atom. The second-order valence-electron chi connectivity index (χ2n) is 3.34. The highest BCUT2D eigenvalue weighted by Gasteiger charge is 2.15. The van der Waals surface area contributed by atoms with Gasteiger partial charge in [-0.2, -0.15) is 0 Å². The Balaban J connectivity index is 2.72. The molecule has 0 aliphatic carbocycles. The molecule has 0 amide bonds. The highest BCUT2D eigenvalue weighted by Crippen LogP contribution is 2.09. The molecule has 0 saturated carbocycles. The Kier molecular flexibility index (Phi) is 1.95. The lowest BCUT2D eigenvalue weighted by molar-refractivity contribution is 0.0789. The summed E-state index contributed by atoms with van der Waals surface area (Å²) in [5, 5.41) is 16.9. The van der Waals surface area contributed by atoms with Gasteiger partial charge in [0.1, 0.15) is 0 Å². The molecule has 0 atom stereocenters. The first-order valence-electron chi connectivity index (χ1n) is 3.55. The zero-order chi connectivity index (χ0) is 8.48. The molecule has 0 fully saturated rings. The summed E-state index contributed by atoms with van der Waals surface area (Å²) in [5.41, 5.74) is 0.257. The van der Waals surface area contributed by atoms with Crippen LogP contribution >= 0.6 is 0 Å². The number of hydrogen-bond donors (Lipinski definition) is 1. The van der Waals surface area contributed by atoms with Crippen LogP contribution in [-0.4, -0.2) is 25.7 Å². The molecule has 1 heterocycles. The highest BCUT2D eigenvalue weighted by molar-refractivity contribution is 4.97. The molecule has 1 N–H and O–H groups in total. The summed E-state index contributed by atoms with van der Waals surface area (Å²) in [4.78, 5) is 0. The maximum absolute atomic E-state index is 9.44. The van der Waals surface area contributed by atoms with Gasteiger partial charge in [0.05, 0.1) is 17.5 Å². The smallest absolute Gasteiger partial charge is 0.0726 e. The second-order valence-corrected chi connectivity index (χ2v) is 3.34. The maximum Gasteiger partial charge on any atom is 0.0726 e. The summed E-state index contributed by atoms with van der Waals surface area (Å²) in [7, 11) is 1.81. The summed E-state index contributed by atoms with van der Waals surface area (Å²) in [6.45, 7) is 3.53. The third kappa shape index (κ3) is 2.31. The van der Waals surface area contributed by atoms with Gasteiger partial charge in [-0.25, -0.2) is 0 Å². The number of rotatable bonds is 2. The van der Waals surface area contributed by atoms with Crippen molar-refractivity contribution in [1.29, 1.82) is 0 Å². The zero-order valence-electron chi connectivity index (χ0n) is 7.07. The van der Waals surface area contributed by atoms with Gasteiger partial charge in [-0.1, -0.05) is 5.21 Å². The minimum Gasteiger partial charge on any atom is -0.390 e. The van der Waals surface area contributed by atoms with Crippen LogP contribution in [0.2, 0.25) is 0 Å². The molecule has 0 aliphatic heterocycles. The van der Waals surface area contributed by atoms with Gasteiger partial charge in [0, 0.05) is 13.5 Å². The molecule has 4 heteroatoms. The van der Waals surface area contributed by atoms with Gasteiger partial charge < -0.3 is 5.11 Å². The summed E-state index contributed by atoms with van der Waals surface area (Å²) in [5.74, 6) is 0. The quantitative estimate of drug-likeness (QED) is 0.660. The van der Waals surface area contributed by atoms with Crippen molar-refractivity contribution in [3.05, 3.63) is 11.9 Å². The third-order valence-electron chi connectivity index (χ3n) is 1.42. The minimum absolute atomic E-state index is 0.580. The molecule has 0 radical (unpaired) electrons. The minimum atomic E-state index is -0.685. The van der Waals surface area contributed by atoms with Crippen LogP contribution < -0.4 is 0 Å². The van der Waals surface area contributed by atoms with Crippen molar-refractivity contribution in [1.82, 2.24) is 15.0 Å². The van der Waals surface area contributed by atoms with Crippen LogP contribution in [0.5, 0.6) is 0 Å². The standard InChI is InChI=1S/C7H13N3O/c1-7(2,11)4-6-5-8-9-10(6)3/h5,11H,4H2,1-3H3. The number of hydrogen-bond acceptors (Lipinski definition) is 3. The van der Waals surface area contributed by atoms with Crippen LogP contribution in [-0.2, 0) is 13.5 Å². The van der Waals surface area contributed by atoms with E-state index in [0.717, 1.165) is 5.69 Å². The van der Waals surface area contributed by atoms with E-state index in [1.165, 1.54) is 0 Å². The van der Waals surface area contributed by atoms with Crippen LogP contribution in [0, 0.1) is 0 Å². The summed E-state index contributed by atoms with van der Waals surface area (Å²) in [6.07, 6.45) is 2.24. The summed E-state index contributed by atoms with van der Waals surface area (Å²) >= 11 is 0. The van der Waals surface area contributed by atoms with Crippen molar-refractivity contribution in [2.75, 3.05) is 0 Å². The molecule has 0 unspecified atom stereocenters. The normalized spacial score (nSPS) is 12.0. The molecule has 62 valence electrons. The van der Waals surface area contributed by atoms with Crippen molar-refractivity contribution in [3.8, 4) is 0 Å². The zero-order valence-corrected chi connectivity index (χ0v) is 7.07. The Bertz CT molecular complexity index is 236. The molecule has 11 heavy (non-hydrogen) atoms. The lowest BCUT2D eigenvalue weighted by atomic mass is 10.0. The van der Waals surface area contributed by atoms with E-state index in [9.17, 15) is 5.11 Å². The molecular weight excluding hydrogens is 142 g/mol. The van der Waals surface area contributed by atoms with E-state index in [1.54, 1.807) is 24.7 Å². The molecule has 0 aromatic carbocycles. The van der Waals surface area contributed by atoms with Crippen molar-refractivity contribution in [3.63, 3.8) is 0 Å². The van der Waals surface area contributed by atoms with Gasteiger partial charge in [-0.05, 0) is 13.8 Å². The maximum atomic E-state index is 9.44. The van der Waals surface area contributed by atoms with Gasteiger partial charge in [-0.15, -0.1) is 5.10 Å². The van der Waals surface area contributed by atoms with Gasteiger partial charge in [0.15, 0.2) is 0 Å². The van der Waals surface area contributed by atoms with Gasteiger partial charge in [0.25, 0.3) is 0 Å². The first-order valence-corrected chi connectivity index (χ1v) is 3.55. The van der Waals surface area contributed by atoms with Crippen LogP contribution in [0.25, 0.3) is 0 Å². The van der Waals surface area contributed by atoms with Crippen molar-refractivity contribution < 1.29 is 5.11 Å². The fourth-order valence-corrected chi connectivity index (χ4v) is 0.914. The van der Waals surface area contributed by atoms with E-state index in [1.807, 2.05) is 7.05 Å². The SMILES string of the molecule is Cn1nncc1CC(C)(C)O. The summed E-state index contributed by atoms with van der Waals surface area (Å²) in [6, 6.07) is 0. The summed E-state index contributed by atoms with van der Waals surface area (Å²) < 4.78 is 1.66. The fraction of sp³-hybridized carbons (Fsp3) is 0.714. The Hall–Kier alpha value is -0.900. The highest BCUT2D eigenvalue weighted by atomic mass is 16.3. The molecule has 1 aromatic rings. The average molecular weight is 155 g/mol. The number of aromatic nitrogens is 3. The van der Waals surface area contributed by atoms with Crippen LogP contribution in [0.4, 0.5) is 0 Å². The van der Waals surface area contributed by atoms with Gasteiger partial charge >= 0.3 is 0 Å². The van der Waals surface area contributed by atoms with Crippen LogP contribution in [0.1, 0.15) is 19.5 Å². The average Bonchev–Trinajstić information content (AvgIpc) is 2.12. The molecule has 1 rings (SSSR count). The Morgan fingerprint density at radius 1 is 1.64 bits per heavy atom. The fourth-order valence-electron chi connectivity index (χ4n) is 0.914. The predicted octanol–water partition coefficient (Wildman–Crippen LogP) is 0.128. The van der Waals surface area contributed by atoms with Crippen molar-refractivity contribution in [2.24, 2.45) is 7.05 Å². The first-order chi connectivity index (χ1) is 4.99. The molecule has 0 saturated heterocycles. The predicted molar refractivity (Wildman–Crippen MR) is 41.0 cm³/mol. The van der Waals surface area contributed by atoms with E-state index in [0.29, 0.717) is 6.42 Å². The third-order valence-corrected chi connectivity index (χ3v) is 1.42. The van der Waals surface area contributed by atoms with Crippen LogP contribution in [0.15, 0.2) is 6.20 Å². The molecule has 0 spiro atoms. The van der Waals surface area contributed by atoms with Crippen molar-refractivity contribution >= 4 is 0 Å². The molecule has 0 bridgehead atoms. The van der Waals surface area contributed by atoms with Crippen molar-refractivity contribution in [2.45, 2.75) is 25.9 Å². The molecule has 4 nitrogen and oxygen atoms in total. The van der Waals surface area contributed by atoms with E-state index < -0.39 is 5.60 Å². The van der Waals surface area contributed by atoms with E-state index in [2.05, 4.69) is 10.3 Å². The second kappa shape index (κ2) is 2.62. The van der Waals surface area contributed by atoms with Gasteiger partial charge in [0.2, 0.25) is 0 Å². The van der Waals surface area contributed by atoms with E-state index >= 15 is 0 Å². The van der Waals surface area contributed by atoms with Gasteiger partial charge in [-0.3, -0.25) is 4.68 Å². The van der Waals surface area contributed by atoms with Crippen LogP contribution in [0.3, 0.4) is 0 Å². The Morgan fingerprint density at radius 3 is 2.64 bits per heavy atom. The topological polar surface area (TPSA) is 50.9 Å². The first kappa shape index (κ1) is 8.20. The molecule has 0 aliphatic rings. The van der Waals surface area contributed by atoms with E-state index in [-0.39, 0.29) is 0 Å². The number of aryl methyl sites for hydroxylation is 1.